The fourth-order valence-corrected chi connectivity index (χ4v) is 6.73. The lowest BCUT2D eigenvalue weighted by molar-refractivity contribution is -0.0902. The van der Waals surface area contributed by atoms with Crippen LogP contribution in [0, 0.1) is 28.6 Å². The summed E-state index contributed by atoms with van der Waals surface area (Å²) in [6.45, 7) is 8.75. The van der Waals surface area contributed by atoms with Gasteiger partial charge in [-0.05, 0) is 54.1 Å². The summed E-state index contributed by atoms with van der Waals surface area (Å²) in [5.74, 6) is -0.959. The number of hydrogen-bond acceptors (Lipinski definition) is 6. The molecule has 0 spiro atoms. The molecule has 7 nitrogen and oxygen atoms in total. The van der Waals surface area contributed by atoms with E-state index in [1.165, 1.54) is 36.8 Å². The van der Waals surface area contributed by atoms with Gasteiger partial charge in [-0.1, -0.05) is 34.1 Å². The molecule has 2 fully saturated rings. The smallest absolute Gasteiger partial charge is 0.271 e. The number of Topliss-reactive ketones (excluding diaryl/α,β-unsaturated/α-hetero) is 1. The molecule has 33 heavy (non-hydrogen) atoms. The summed E-state index contributed by atoms with van der Waals surface area (Å²) in [4.78, 5) is 35.0. The molecule has 0 radical (unpaired) electrons. The average Bonchev–Trinajstić information content (AvgIpc) is 2.74. The Morgan fingerprint density at radius 2 is 1.76 bits per heavy atom. The number of ketones is 1. The third-order valence-corrected chi connectivity index (χ3v) is 8.22. The van der Waals surface area contributed by atoms with Crippen LogP contribution in [0.4, 0.5) is 0 Å². The number of nitrogens with one attached hydrogen (secondary N) is 1. The molecular weight excluding hydrogens is 418 g/mol. The Balaban J connectivity index is 1.73. The highest BCUT2D eigenvalue weighted by atomic mass is 16.3. The van der Waals surface area contributed by atoms with Gasteiger partial charge in [-0.15, -0.1) is 0 Å². The molecule has 1 aromatic carbocycles. The Bertz CT molecular complexity index is 1030. The van der Waals surface area contributed by atoms with E-state index in [9.17, 15) is 19.8 Å². The van der Waals surface area contributed by atoms with E-state index in [0.717, 1.165) is 25.7 Å². The number of carbonyl (C=O) groups is 2. The molecule has 1 aromatic heterocycles. The van der Waals surface area contributed by atoms with Crippen LogP contribution < -0.4 is 5.32 Å². The molecule has 2 aliphatic carbocycles. The van der Waals surface area contributed by atoms with Crippen LogP contribution in [-0.2, 0) is 0 Å². The highest BCUT2D eigenvalue weighted by molar-refractivity contribution is 5.99. The van der Waals surface area contributed by atoms with Crippen molar-refractivity contribution in [3.8, 4) is 11.5 Å². The molecule has 0 bridgehead atoms. The van der Waals surface area contributed by atoms with E-state index >= 15 is 0 Å². The van der Waals surface area contributed by atoms with Crippen LogP contribution >= 0.6 is 0 Å². The van der Waals surface area contributed by atoms with E-state index in [1.807, 2.05) is 6.92 Å². The van der Waals surface area contributed by atoms with Gasteiger partial charge in [0.25, 0.3) is 5.91 Å². The van der Waals surface area contributed by atoms with Crippen LogP contribution in [0.15, 0.2) is 36.8 Å². The standard InChI is InChI=1S/C26H33N3O4/c1-15-19(29-24(33)20-14-27-8-9-28-20)13-21-25(2,3)6-5-7-26(21,4)22(15)23(32)16-10-17(30)12-18(31)11-16/h8-12,14-15,19,21-22,30-31H,5-7,13H2,1-4H3,(H,29,33)/t15-,19?,21+,22-,26+/m1/s1. The van der Waals surface area contributed by atoms with Crippen LogP contribution in [0.2, 0.25) is 0 Å². The lowest BCUT2D eigenvalue weighted by atomic mass is 9.45. The van der Waals surface area contributed by atoms with Gasteiger partial charge in [-0.25, -0.2) is 4.98 Å². The van der Waals surface area contributed by atoms with Crippen LogP contribution in [0.25, 0.3) is 0 Å². The monoisotopic (exact) mass is 451 g/mol. The summed E-state index contributed by atoms with van der Waals surface area (Å²) in [5.41, 5.74) is 0.310. The first-order valence-corrected chi connectivity index (χ1v) is 11.7. The normalized spacial score (nSPS) is 30.8. The van der Waals surface area contributed by atoms with Crippen molar-refractivity contribution in [1.82, 2.24) is 15.3 Å². The van der Waals surface area contributed by atoms with Crippen molar-refractivity contribution < 1.29 is 19.8 Å². The number of amides is 1. The minimum atomic E-state index is -0.371. The van der Waals surface area contributed by atoms with E-state index in [1.54, 1.807) is 0 Å². The number of nitrogens with zero attached hydrogens (tertiary/aromatic N) is 2. The first kappa shape index (κ1) is 23.2. The molecule has 0 aliphatic heterocycles. The van der Waals surface area contributed by atoms with Crippen molar-refractivity contribution >= 4 is 11.7 Å². The number of benzene rings is 1. The first-order chi connectivity index (χ1) is 15.5. The summed E-state index contributed by atoms with van der Waals surface area (Å²) in [7, 11) is 0. The summed E-state index contributed by atoms with van der Waals surface area (Å²) in [6.07, 6.45) is 8.27. The van der Waals surface area contributed by atoms with Crippen molar-refractivity contribution in [1.29, 1.82) is 0 Å². The third-order valence-electron chi connectivity index (χ3n) is 8.22. The maximum Gasteiger partial charge on any atom is 0.271 e. The number of carbonyl (C=O) groups excluding carboxylic acids is 2. The second-order valence-electron chi connectivity index (χ2n) is 10.7. The maximum absolute atomic E-state index is 13.9. The third kappa shape index (κ3) is 4.21. The molecule has 2 aromatic rings. The number of rotatable bonds is 4. The zero-order valence-corrected chi connectivity index (χ0v) is 19.7. The number of phenols is 2. The average molecular weight is 452 g/mol. The lowest BCUT2D eigenvalue weighted by Gasteiger charge is -2.60. The van der Waals surface area contributed by atoms with E-state index in [0.29, 0.717) is 5.56 Å². The predicted molar refractivity (Wildman–Crippen MR) is 124 cm³/mol. The number of fused-ring (bicyclic) bond motifs is 1. The number of phenolic OH excluding ortho intramolecular Hbond substituents is 2. The zero-order chi connectivity index (χ0) is 24.0. The summed E-state index contributed by atoms with van der Waals surface area (Å²) in [6, 6.07) is 3.85. The van der Waals surface area contributed by atoms with Gasteiger partial charge in [0.1, 0.15) is 17.2 Å². The van der Waals surface area contributed by atoms with Gasteiger partial charge in [0, 0.05) is 36.0 Å². The van der Waals surface area contributed by atoms with Crippen molar-refractivity contribution in [2.24, 2.45) is 28.6 Å². The van der Waals surface area contributed by atoms with E-state index in [-0.39, 0.29) is 63.5 Å². The molecule has 2 saturated carbocycles. The van der Waals surface area contributed by atoms with Gasteiger partial charge in [0.05, 0.1) is 6.20 Å². The number of hydrogen-bond donors (Lipinski definition) is 3. The topological polar surface area (TPSA) is 112 Å². The zero-order valence-electron chi connectivity index (χ0n) is 19.7. The van der Waals surface area contributed by atoms with Gasteiger partial charge in [0.15, 0.2) is 5.78 Å². The molecule has 7 heteroatoms. The van der Waals surface area contributed by atoms with E-state index in [2.05, 4.69) is 36.1 Å². The van der Waals surface area contributed by atoms with Crippen molar-refractivity contribution in [3.63, 3.8) is 0 Å². The Morgan fingerprint density at radius 1 is 1.06 bits per heavy atom. The van der Waals surface area contributed by atoms with Crippen molar-refractivity contribution in [2.45, 2.75) is 59.4 Å². The van der Waals surface area contributed by atoms with Gasteiger partial charge < -0.3 is 15.5 Å². The molecule has 0 saturated heterocycles. The highest BCUT2D eigenvalue weighted by Crippen LogP contribution is 2.61. The number of aromatic hydroxyl groups is 2. The highest BCUT2D eigenvalue weighted by Gasteiger charge is 2.58. The molecule has 1 unspecified atom stereocenters. The molecule has 2 aliphatic rings. The Labute approximate surface area is 194 Å². The Morgan fingerprint density at radius 3 is 2.39 bits per heavy atom. The fraction of sp³-hybridized carbons (Fsp3) is 0.538. The molecule has 3 N–H and O–H groups in total. The summed E-state index contributed by atoms with van der Waals surface area (Å²) >= 11 is 0. The van der Waals surface area contributed by atoms with Crippen molar-refractivity contribution in [3.05, 3.63) is 48.0 Å². The second-order valence-corrected chi connectivity index (χ2v) is 10.7. The van der Waals surface area contributed by atoms with Crippen LogP contribution in [-0.4, -0.2) is 37.9 Å². The van der Waals surface area contributed by atoms with Gasteiger partial charge >= 0.3 is 0 Å². The largest absolute Gasteiger partial charge is 0.508 e. The molecule has 5 atom stereocenters. The second kappa shape index (κ2) is 8.43. The van der Waals surface area contributed by atoms with E-state index < -0.39 is 0 Å². The summed E-state index contributed by atoms with van der Waals surface area (Å²) in [5, 5.41) is 23.1. The van der Waals surface area contributed by atoms with Crippen LogP contribution in [0.3, 0.4) is 0 Å². The van der Waals surface area contributed by atoms with Gasteiger partial charge in [0.2, 0.25) is 0 Å². The first-order valence-electron chi connectivity index (χ1n) is 11.7. The SMILES string of the molecule is C[C@@H]1C(NC(=O)c2cnccn2)C[C@H]2C(C)(C)CCC[C@]2(C)[C@H]1C(=O)c1cc(O)cc(O)c1. The lowest BCUT2D eigenvalue weighted by Crippen LogP contribution is -2.60. The minimum absolute atomic E-state index is 0.0160. The number of aromatic nitrogens is 2. The van der Waals surface area contributed by atoms with Gasteiger partial charge in [-0.2, -0.15) is 0 Å². The quantitative estimate of drug-likeness (QED) is 0.596. The molecule has 4 rings (SSSR count). The molecule has 1 heterocycles. The summed E-state index contributed by atoms with van der Waals surface area (Å²) < 4.78 is 0. The minimum Gasteiger partial charge on any atom is -0.508 e. The Hall–Kier alpha value is -2.96. The maximum atomic E-state index is 13.9. The molecule has 176 valence electrons. The van der Waals surface area contributed by atoms with Crippen LogP contribution in [0.1, 0.15) is 74.2 Å². The van der Waals surface area contributed by atoms with Crippen molar-refractivity contribution in [2.75, 3.05) is 0 Å². The van der Waals surface area contributed by atoms with Gasteiger partial charge in [-0.3, -0.25) is 14.6 Å². The Kier molecular flexibility index (Phi) is 5.93. The molecule has 1 amide bonds. The van der Waals surface area contributed by atoms with E-state index in [4.69, 9.17) is 0 Å². The fourth-order valence-electron chi connectivity index (χ4n) is 6.73. The predicted octanol–water partition coefficient (Wildman–Crippen LogP) is 4.36. The van der Waals surface area contributed by atoms with Crippen LogP contribution in [0.5, 0.6) is 11.5 Å². The molecular formula is C26H33N3O4.